The van der Waals surface area contributed by atoms with Gasteiger partial charge in [0.15, 0.2) is 0 Å². The highest BCUT2D eigenvalue weighted by molar-refractivity contribution is 6.03. The molecule has 0 bridgehead atoms. The minimum absolute atomic E-state index is 0.145. The zero-order valence-corrected chi connectivity index (χ0v) is 12.7. The number of phenols is 1. The highest BCUT2D eigenvalue weighted by Crippen LogP contribution is 2.27. The standard InChI is InChI=1S/C18H17NO4/c1-2-19-10-12(11-23-14-6-3-5-13(20)9-14)15-7-4-8-16(17(15)19)18(21)22/h3-10,20H,2,11H2,1H3,(H,21,22). The summed E-state index contributed by atoms with van der Waals surface area (Å²) in [4.78, 5) is 11.4. The number of aromatic hydroxyl groups is 1. The summed E-state index contributed by atoms with van der Waals surface area (Å²) in [6.07, 6.45) is 1.92. The molecule has 0 amide bonds. The fourth-order valence-electron chi connectivity index (χ4n) is 2.71. The SMILES string of the molecule is CCn1cc(COc2cccc(O)c2)c2cccc(C(=O)O)c21. The second-order valence-electron chi connectivity index (χ2n) is 5.23. The first-order valence-electron chi connectivity index (χ1n) is 7.36. The van der Waals surface area contributed by atoms with E-state index in [1.807, 2.05) is 23.8 Å². The highest BCUT2D eigenvalue weighted by atomic mass is 16.5. The zero-order chi connectivity index (χ0) is 16.4. The lowest BCUT2D eigenvalue weighted by Gasteiger charge is -2.06. The van der Waals surface area contributed by atoms with Crippen molar-refractivity contribution >= 4 is 16.9 Å². The lowest BCUT2D eigenvalue weighted by molar-refractivity contribution is 0.0698. The molecule has 5 heteroatoms. The molecule has 0 aliphatic carbocycles. The number of rotatable bonds is 5. The van der Waals surface area contributed by atoms with Crippen molar-refractivity contribution in [3.63, 3.8) is 0 Å². The van der Waals surface area contributed by atoms with Gasteiger partial charge in [0, 0.05) is 29.8 Å². The number of ether oxygens (including phenoxy) is 1. The summed E-state index contributed by atoms with van der Waals surface area (Å²) >= 11 is 0. The Kier molecular flexibility index (Phi) is 3.93. The first-order valence-corrected chi connectivity index (χ1v) is 7.36. The highest BCUT2D eigenvalue weighted by Gasteiger charge is 2.15. The Bertz CT molecular complexity index is 867. The second-order valence-corrected chi connectivity index (χ2v) is 5.23. The van der Waals surface area contributed by atoms with Crippen molar-refractivity contribution in [2.24, 2.45) is 0 Å². The van der Waals surface area contributed by atoms with Gasteiger partial charge in [-0.1, -0.05) is 18.2 Å². The lowest BCUT2D eigenvalue weighted by Crippen LogP contribution is -2.01. The van der Waals surface area contributed by atoms with Crippen LogP contribution in [0.15, 0.2) is 48.7 Å². The molecule has 0 saturated heterocycles. The molecular formula is C18H17NO4. The monoisotopic (exact) mass is 311 g/mol. The number of aromatic nitrogens is 1. The molecule has 0 fully saturated rings. The molecule has 0 saturated carbocycles. The third-order valence-electron chi connectivity index (χ3n) is 3.76. The van der Waals surface area contributed by atoms with E-state index in [0.717, 1.165) is 10.9 Å². The van der Waals surface area contributed by atoms with Crippen LogP contribution in [0, 0.1) is 0 Å². The smallest absolute Gasteiger partial charge is 0.337 e. The normalized spacial score (nSPS) is 10.8. The van der Waals surface area contributed by atoms with Crippen molar-refractivity contribution in [1.82, 2.24) is 4.57 Å². The number of benzene rings is 2. The van der Waals surface area contributed by atoms with E-state index in [9.17, 15) is 15.0 Å². The summed E-state index contributed by atoms with van der Waals surface area (Å²) in [6.45, 7) is 2.95. The largest absolute Gasteiger partial charge is 0.508 e. The molecule has 2 N–H and O–H groups in total. The van der Waals surface area contributed by atoms with E-state index in [-0.39, 0.29) is 11.3 Å². The first-order chi connectivity index (χ1) is 11.1. The van der Waals surface area contributed by atoms with Gasteiger partial charge < -0.3 is 19.5 Å². The van der Waals surface area contributed by atoms with Gasteiger partial charge in [-0.25, -0.2) is 4.79 Å². The number of fused-ring (bicyclic) bond motifs is 1. The Morgan fingerprint density at radius 2 is 2.00 bits per heavy atom. The van der Waals surface area contributed by atoms with E-state index in [4.69, 9.17) is 4.74 Å². The lowest BCUT2D eigenvalue weighted by atomic mass is 10.1. The zero-order valence-electron chi connectivity index (χ0n) is 12.7. The third kappa shape index (κ3) is 2.85. The van der Waals surface area contributed by atoms with Gasteiger partial charge in [0.25, 0.3) is 0 Å². The van der Waals surface area contributed by atoms with Crippen molar-refractivity contribution in [2.45, 2.75) is 20.1 Å². The number of para-hydroxylation sites is 1. The van der Waals surface area contributed by atoms with Gasteiger partial charge in [-0.05, 0) is 25.1 Å². The van der Waals surface area contributed by atoms with Gasteiger partial charge in [-0.15, -0.1) is 0 Å². The fourth-order valence-corrected chi connectivity index (χ4v) is 2.71. The van der Waals surface area contributed by atoms with E-state index in [1.54, 1.807) is 36.4 Å². The van der Waals surface area contributed by atoms with Crippen LogP contribution < -0.4 is 4.74 Å². The first kappa shape index (κ1) is 15.0. The molecule has 0 aliphatic heterocycles. The van der Waals surface area contributed by atoms with E-state index in [1.165, 1.54) is 0 Å². The second kappa shape index (κ2) is 6.04. The number of nitrogens with zero attached hydrogens (tertiary/aromatic N) is 1. The minimum Gasteiger partial charge on any atom is -0.508 e. The number of carboxylic acid groups (broad SMARTS) is 1. The van der Waals surface area contributed by atoms with E-state index < -0.39 is 5.97 Å². The maximum atomic E-state index is 11.4. The summed E-state index contributed by atoms with van der Waals surface area (Å²) in [5, 5.41) is 19.7. The molecule has 23 heavy (non-hydrogen) atoms. The van der Waals surface area contributed by atoms with Gasteiger partial charge in [0.2, 0.25) is 0 Å². The molecule has 0 radical (unpaired) electrons. The Morgan fingerprint density at radius 3 is 2.70 bits per heavy atom. The van der Waals surface area contributed by atoms with Crippen LogP contribution in [0.5, 0.6) is 11.5 Å². The van der Waals surface area contributed by atoms with Crippen LogP contribution in [0.25, 0.3) is 10.9 Å². The van der Waals surface area contributed by atoms with Gasteiger partial charge in [0.05, 0.1) is 11.1 Å². The van der Waals surface area contributed by atoms with Crippen molar-refractivity contribution in [3.8, 4) is 11.5 Å². The molecule has 118 valence electrons. The number of phenolic OH excluding ortho intramolecular Hbond substituents is 1. The van der Waals surface area contributed by atoms with Gasteiger partial charge in [0.1, 0.15) is 18.1 Å². The summed E-state index contributed by atoms with van der Waals surface area (Å²) in [5.74, 6) is -0.229. The van der Waals surface area contributed by atoms with Crippen molar-refractivity contribution < 1.29 is 19.7 Å². The Hall–Kier alpha value is -2.95. The molecule has 5 nitrogen and oxygen atoms in total. The van der Waals surface area contributed by atoms with Gasteiger partial charge in [-0.3, -0.25) is 0 Å². The quantitative estimate of drug-likeness (QED) is 0.754. The Balaban J connectivity index is 1.98. The molecule has 2 aromatic carbocycles. The van der Waals surface area contributed by atoms with Crippen LogP contribution in [0.2, 0.25) is 0 Å². The molecule has 0 spiro atoms. The molecular weight excluding hydrogens is 294 g/mol. The predicted octanol–water partition coefficient (Wildman–Crippen LogP) is 3.64. The van der Waals surface area contributed by atoms with E-state index in [0.29, 0.717) is 24.4 Å². The minimum atomic E-state index is -0.941. The maximum Gasteiger partial charge on any atom is 0.337 e. The van der Waals surface area contributed by atoms with Crippen LogP contribution in [-0.4, -0.2) is 20.7 Å². The third-order valence-corrected chi connectivity index (χ3v) is 3.76. The fraction of sp³-hybridized carbons (Fsp3) is 0.167. The average Bonchev–Trinajstić information content (AvgIpc) is 2.91. The van der Waals surface area contributed by atoms with Crippen molar-refractivity contribution in [3.05, 3.63) is 59.8 Å². The summed E-state index contributed by atoms with van der Waals surface area (Å²) < 4.78 is 7.64. The van der Waals surface area contributed by atoms with Crippen molar-refractivity contribution in [1.29, 1.82) is 0 Å². The number of hydrogen-bond acceptors (Lipinski definition) is 3. The number of carboxylic acids is 1. The van der Waals surface area contributed by atoms with E-state index >= 15 is 0 Å². The number of carbonyl (C=O) groups is 1. The van der Waals surface area contributed by atoms with Crippen LogP contribution in [-0.2, 0) is 13.2 Å². The molecule has 0 aliphatic rings. The Morgan fingerprint density at radius 1 is 1.22 bits per heavy atom. The summed E-state index contributed by atoms with van der Waals surface area (Å²) in [7, 11) is 0. The van der Waals surface area contributed by atoms with Crippen LogP contribution in [0.4, 0.5) is 0 Å². The van der Waals surface area contributed by atoms with Crippen molar-refractivity contribution in [2.75, 3.05) is 0 Å². The molecule has 3 aromatic rings. The molecule has 0 atom stereocenters. The average molecular weight is 311 g/mol. The van der Waals surface area contributed by atoms with Crippen LogP contribution in [0.1, 0.15) is 22.8 Å². The topological polar surface area (TPSA) is 71.7 Å². The number of hydrogen-bond donors (Lipinski definition) is 2. The van der Waals surface area contributed by atoms with Gasteiger partial charge in [-0.2, -0.15) is 0 Å². The molecule has 1 aromatic heterocycles. The maximum absolute atomic E-state index is 11.4. The summed E-state index contributed by atoms with van der Waals surface area (Å²) in [6, 6.07) is 11.8. The summed E-state index contributed by atoms with van der Waals surface area (Å²) in [5.41, 5.74) is 1.90. The number of aryl methyl sites for hydroxylation is 1. The Labute approximate surface area is 133 Å². The molecule has 1 heterocycles. The van der Waals surface area contributed by atoms with Crippen LogP contribution in [0.3, 0.4) is 0 Å². The van der Waals surface area contributed by atoms with Gasteiger partial charge >= 0.3 is 5.97 Å². The molecule has 0 unspecified atom stereocenters. The number of aromatic carboxylic acids is 1. The van der Waals surface area contributed by atoms with Crippen LogP contribution >= 0.6 is 0 Å². The van der Waals surface area contributed by atoms with E-state index in [2.05, 4.69) is 0 Å². The predicted molar refractivity (Wildman–Crippen MR) is 87.0 cm³/mol. The molecule has 3 rings (SSSR count).